The number of likely N-dealkylation sites (tertiary alicyclic amines) is 1. The molecule has 0 spiro atoms. The van der Waals surface area contributed by atoms with E-state index >= 15 is 0 Å². The highest BCUT2D eigenvalue weighted by Crippen LogP contribution is 2.28. The standard InChI is InChI=1S/C15H22N4O/c1-11(2)18-9-12(10-18)17-15(20)19-8-7-16-13-5-3-4-6-14(13)19/h3-6,11-12,16H,7-10H2,1-2H3,(H,17,20). The van der Waals surface area contributed by atoms with Gasteiger partial charge in [0.05, 0.1) is 17.4 Å². The van der Waals surface area contributed by atoms with E-state index in [4.69, 9.17) is 0 Å². The Hall–Kier alpha value is -1.75. The third-order valence-corrected chi connectivity index (χ3v) is 4.06. The lowest BCUT2D eigenvalue weighted by atomic mass is 10.1. The van der Waals surface area contributed by atoms with Gasteiger partial charge in [0.2, 0.25) is 0 Å². The lowest BCUT2D eigenvalue weighted by Crippen LogP contribution is -2.63. The first-order chi connectivity index (χ1) is 9.65. The van der Waals surface area contributed by atoms with E-state index in [1.807, 2.05) is 29.2 Å². The molecule has 1 saturated heterocycles. The summed E-state index contributed by atoms with van der Waals surface area (Å²) in [7, 11) is 0. The molecular weight excluding hydrogens is 252 g/mol. The highest BCUT2D eigenvalue weighted by molar-refractivity contribution is 5.96. The maximum atomic E-state index is 12.4. The molecule has 1 fully saturated rings. The lowest BCUT2D eigenvalue weighted by Gasteiger charge is -2.43. The molecule has 2 N–H and O–H groups in total. The van der Waals surface area contributed by atoms with Crippen molar-refractivity contribution in [2.75, 3.05) is 36.4 Å². The number of fused-ring (bicyclic) bond motifs is 1. The Morgan fingerprint density at radius 1 is 1.35 bits per heavy atom. The molecule has 0 unspecified atom stereocenters. The van der Waals surface area contributed by atoms with Gasteiger partial charge >= 0.3 is 6.03 Å². The van der Waals surface area contributed by atoms with Gasteiger partial charge in [0.15, 0.2) is 0 Å². The first kappa shape index (κ1) is 13.2. The second-order valence-electron chi connectivity index (χ2n) is 5.79. The van der Waals surface area contributed by atoms with Crippen LogP contribution >= 0.6 is 0 Å². The SMILES string of the molecule is CC(C)N1CC(NC(=O)N2CCNc3ccccc32)C1. The molecule has 0 saturated carbocycles. The van der Waals surface area contributed by atoms with Gasteiger partial charge in [-0.2, -0.15) is 0 Å². The number of hydrogen-bond acceptors (Lipinski definition) is 3. The van der Waals surface area contributed by atoms with E-state index < -0.39 is 0 Å². The summed E-state index contributed by atoms with van der Waals surface area (Å²) >= 11 is 0. The minimum atomic E-state index is 0.0207. The number of urea groups is 1. The van der Waals surface area contributed by atoms with Gasteiger partial charge in [-0.05, 0) is 26.0 Å². The summed E-state index contributed by atoms with van der Waals surface area (Å²) in [4.78, 5) is 16.6. The Morgan fingerprint density at radius 3 is 2.85 bits per heavy atom. The Labute approximate surface area is 119 Å². The molecule has 0 bridgehead atoms. The van der Waals surface area contributed by atoms with Crippen molar-refractivity contribution in [1.29, 1.82) is 0 Å². The molecule has 20 heavy (non-hydrogen) atoms. The van der Waals surface area contributed by atoms with Crippen molar-refractivity contribution in [2.24, 2.45) is 0 Å². The van der Waals surface area contributed by atoms with Gasteiger partial charge in [-0.1, -0.05) is 12.1 Å². The van der Waals surface area contributed by atoms with E-state index in [0.29, 0.717) is 12.6 Å². The average Bonchev–Trinajstić information content (AvgIpc) is 2.41. The highest BCUT2D eigenvalue weighted by Gasteiger charge is 2.31. The molecule has 2 aliphatic rings. The number of nitrogens with one attached hydrogen (secondary N) is 2. The molecule has 0 radical (unpaired) electrons. The van der Waals surface area contributed by atoms with Crippen LogP contribution in [-0.2, 0) is 0 Å². The van der Waals surface area contributed by atoms with Crippen LogP contribution in [0.25, 0.3) is 0 Å². The van der Waals surface area contributed by atoms with Gasteiger partial charge in [0.1, 0.15) is 0 Å². The summed E-state index contributed by atoms with van der Waals surface area (Å²) in [6.45, 7) is 7.79. The lowest BCUT2D eigenvalue weighted by molar-refractivity contribution is 0.0968. The molecule has 2 amide bonds. The summed E-state index contributed by atoms with van der Waals surface area (Å²) in [5, 5.41) is 6.45. The number of hydrogen-bond donors (Lipinski definition) is 2. The fourth-order valence-corrected chi connectivity index (χ4v) is 2.77. The third-order valence-electron chi connectivity index (χ3n) is 4.06. The summed E-state index contributed by atoms with van der Waals surface area (Å²) in [5.74, 6) is 0. The molecule has 5 nitrogen and oxygen atoms in total. The zero-order chi connectivity index (χ0) is 14.1. The summed E-state index contributed by atoms with van der Waals surface area (Å²) in [6, 6.07) is 8.82. The first-order valence-corrected chi connectivity index (χ1v) is 7.30. The molecule has 5 heteroatoms. The highest BCUT2D eigenvalue weighted by atomic mass is 16.2. The van der Waals surface area contributed by atoms with E-state index in [2.05, 4.69) is 29.4 Å². The molecule has 0 aromatic heterocycles. The predicted octanol–water partition coefficient (Wildman–Crippen LogP) is 1.72. The number of para-hydroxylation sites is 2. The quantitative estimate of drug-likeness (QED) is 0.863. The summed E-state index contributed by atoms with van der Waals surface area (Å²) in [6.07, 6.45) is 0. The van der Waals surface area contributed by atoms with Crippen LogP contribution < -0.4 is 15.5 Å². The van der Waals surface area contributed by atoms with Crippen molar-refractivity contribution >= 4 is 17.4 Å². The molecule has 1 aromatic carbocycles. The topological polar surface area (TPSA) is 47.6 Å². The van der Waals surface area contributed by atoms with E-state index in [9.17, 15) is 4.79 Å². The second-order valence-corrected chi connectivity index (χ2v) is 5.79. The maximum Gasteiger partial charge on any atom is 0.322 e. The fraction of sp³-hybridized carbons (Fsp3) is 0.533. The first-order valence-electron chi connectivity index (χ1n) is 7.30. The Balaban J connectivity index is 1.62. The number of carbonyl (C=O) groups is 1. The van der Waals surface area contributed by atoms with Crippen molar-refractivity contribution in [3.05, 3.63) is 24.3 Å². The van der Waals surface area contributed by atoms with E-state index in [0.717, 1.165) is 31.0 Å². The number of anilines is 2. The zero-order valence-corrected chi connectivity index (χ0v) is 12.1. The minimum absolute atomic E-state index is 0.0207. The molecule has 3 rings (SSSR count). The van der Waals surface area contributed by atoms with Crippen LogP contribution in [0.4, 0.5) is 16.2 Å². The molecule has 2 heterocycles. The number of carbonyl (C=O) groups excluding carboxylic acids is 1. The Bertz CT molecular complexity index is 496. The van der Waals surface area contributed by atoms with Gasteiger partial charge < -0.3 is 10.6 Å². The van der Waals surface area contributed by atoms with Gasteiger partial charge in [0.25, 0.3) is 0 Å². The Morgan fingerprint density at radius 2 is 2.10 bits per heavy atom. The normalized spacial score (nSPS) is 19.2. The van der Waals surface area contributed by atoms with E-state index in [-0.39, 0.29) is 12.1 Å². The summed E-state index contributed by atoms with van der Waals surface area (Å²) in [5.41, 5.74) is 2.00. The van der Waals surface area contributed by atoms with Crippen LogP contribution in [0, 0.1) is 0 Å². The number of rotatable bonds is 2. The average molecular weight is 274 g/mol. The smallest absolute Gasteiger partial charge is 0.322 e. The van der Waals surface area contributed by atoms with E-state index in [1.54, 1.807) is 0 Å². The Kier molecular flexibility index (Phi) is 3.53. The van der Waals surface area contributed by atoms with Crippen LogP contribution in [0.1, 0.15) is 13.8 Å². The minimum Gasteiger partial charge on any atom is -0.382 e. The van der Waals surface area contributed by atoms with Gasteiger partial charge in [-0.25, -0.2) is 4.79 Å². The summed E-state index contributed by atoms with van der Waals surface area (Å²) < 4.78 is 0. The second kappa shape index (κ2) is 5.32. The molecule has 0 atom stereocenters. The van der Waals surface area contributed by atoms with Crippen molar-refractivity contribution in [1.82, 2.24) is 10.2 Å². The fourth-order valence-electron chi connectivity index (χ4n) is 2.77. The van der Waals surface area contributed by atoms with Crippen molar-refractivity contribution in [3.8, 4) is 0 Å². The molecular formula is C15H22N4O. The van der Waals surface area contributed by atoms with Gasteiger partial charge in [-0.3, -0.25) is 9.80 Å². The molecule has 0 aliphatic carbocycles. The number of nitrogens with zero attached hydrogens (tertiary/aromatic N) is 2. The van der Waals surface area contributed by atoms with Crippen molar-refractivity contribution in [2.45, 2.75) is 25.9 Å². The van der Waals surface area contributed by atoms with Crippen LogP contribution in [-0.4, -0.2) is 49.2 Å². The van der Waals surface area contributed by atoms with Crippen LogP contribution in [0.3, 0.4) is 0 Å². The van der Waals surface area contributed by atoms with Crippen LogP contribution in [0.5, 0.6) is 0 Å². The molecule has 1 aromatic rings. The van der Waals surface area contributed by atoms with Gasteiger partial charge in [0, 0.05) is 32.2 Å². The molecule has 2 aliphatic heterocycles. The zero-order valence-electron chi connectivity index (χ0n) is 12.1. The maximum absolute atomic E-state index is 12.4. The van der Waals surface area contributed by atoms with Gasteiger partial charge in [-0.15, -0.1) is 0 Å². The third kappa shape index (κ3) is 2.45. The largest absolute Gasteiger partial charge is 0.382 e. The van der Waals surface area contributed by atoms with E-state index in [1.165, 1.54) is 0 Å². The number of benzene rings is 1. The number of amides is 2. The molecule has 108 valence electrons. The van der Waals surface area contributed by atoms with Crippen LogP contribution in [0.2, 0.25) is 0 Å². The predicted molar refractivity (Wildman–Crippen MR) is 81.3 cm³/mol. The van der Waals surface area contributed by atoms with Crippen molar-refractivity contribution < 1.29 is 4.79 Å². The van der Waals surface area contributed by atoms with Crippen molar-refractivity contribution in [3.63, 3.8) is 0 Å². The van der Waals surface area contributed by atoms with Crippen LogP contribution in [0.15, 0.2) is 24.3 Å². The monoisotopic (exact) mass is 274 g/mol.